The van der Waals surface area contributed by atoms with Crippen LogP contribution >= 0.6 is 0 Å². The lowest BCUT2D eigenvalue weighted by Gasteiger charge is -2.23. The van der Waals surface area contributed by atoms with Crippen LogP contribution in [0.4, 0.5) is 0 Å². The molecule has 0 amide bonds. The van der Waals surface area contributed by atoms with Crippen molar-refractivity contribution in [3.8, 4) is 0 Å². The number of rotatable bonds is 18. The number of carbonyl (C=O) groups is 2. The molecule has 0 saturated heterocycles. The van der Waals surface area contributed by atoms with Gasteiger partial charge in [0.2, 0.25) is 4.75 Å². The van der Waals surface area contributed by atoms with Crippen LogP contribution in [0.25, 0.3) is 0 Å². The quantitative estimate of drug-likeness (QED) is 0.166. The largest absolute Gasteiger partial charge is 0.466 e. The Hall–Kier alpha value is -1.15. The molecule has 0 aliphatic carbocycles. The number of ether oxygens (including phenoxy) is 2. The molecule has 0 aliphatic heterocycles. The third-order valence-corrected chi connectivity index (χ3v) is 6.78. The lowest BCUT2D eigenvalue weighted by atomic mass is 10.0. The van der Waals surface area contributed by atoms with Crippen molar-refractivity contribution < 1.29 is 32.0 Å². The van der Waals surface area contributed by atoms with Crippen molar-refractivity contribution in [2.75, 3.05) is 13.2 Å². The molecule has 0 heterocycles. The van der Waals surface area contributed by atoms with Gasteiger partial charge in [0, 0.05) is 0 Å². The molecule has 1 atom stereocenters. The number of hydrogen-bond acceptors (Lipinski definition) is 6. The molecule has 0 spiro atoms. The Morgan fingerprint density at radius 1 is 0.774 bits per heavy atom. The summed E-state index contributed by atoms with van der Waals surface area (Å²) in [7, 11) is -4.85. The summed E-state index contributed by atoms with van der Waals surface area (Å²) in [5, 5.41) is 0. The predicted octanol–water partition coefficient (Wildman–Crippen LogP) is 5.32. The smallest absolute Gasteiger partial charge is 0.330 e. The zero-order chi connectivity index (χ0) is 23.9. The van der Waals surface area contributed by atoms with Gasteiger partial charge in [-0.05, 0) is 31.6 Å². The molecule has 0 aromatic rings. The summed E-state index contributed by atoms with van der Waals surface area (Å²) in [4.78, 5) is 24.4. The van der Waals surface area contributed by atoms with E-state index >= 15 is 0 Å². The second-order valence-corrected chi connectivity index (χ2v) is 11.3. The summed E-state index contributed by atoms with van der Waals surface area (Å²) in [6, 6.07) is 0. The maximum absolute atomic E-state index is 12.4. The van der Waals surface area contributed by atoms with Crippen LogP contribution in [0.1, 0.15) is 105 Å². The topological polar surface area (TPSA) is 107 Å². The molecule has 31 heavy (non-hydrogen) atoms. The van der Waals surface area contributed by atoms with E-state index in [9.17, 15) is 22.6 Å². The van der Waals surface area contributed by atoms with Crippen molar-refractivity contribution in [2.45, 2.75) is 110 Å². The van der Waals surface area contributed by atoms with E-state index in [2.05, 4.69) is 27.7 Å². The van der Waals surface area contributed by atoms with E-state index in [1.54, 1.807) is 0 Å². The van der Waals surface area contributed by atoms with Gasteiger partial charge in [-0.3, -0.25) is 14.1 Å². The van der Waals surface area contributed by atoms with E-state index in [-0.39, 0.29) is 13.2 Å². The number of carbonyl (C=O) groups excluding carboxylic acids is 2. The van der Waals surface area contributed by atoms with Crippen molar-refractivity contribution in [1.29, 1.82) is 0 Å². The lowest BCUT2D eigenvalue weighted by Crippen LogP contribution is -2.46. The summed E-state index contributed by atoms with van der Waals surface area (Å²) in [5.74, 6) is -0.644. The molecule has 0 aromatic carbocycles. The van der Waals surface area contributed by atoms with Gasteiger partial charge in [0.25, 0.3) is 10.1 Å². The summed E-state index contributed by atoms with van der Waals surface area (Å²) < 4.78 is 41.0. The highest BCUT2D eigenvalue weighted by molar-refractivity contribution is 7.88. The van der Waals surface area contributed by atoms with E-state index in [0.29, 0.717) is 24.7 Å². The summed E-state index contributed by atoms with van der Waals surface area (Å²) in [6.45, 7) is 9.89. The highest BCUT2D eigenvalue weighted by atomic mass is 32.2. The Balaban J connectivity index is 4.37. The van der Waals surface area contributed by atoms with Crippen molar-refractivity contribution in [3.05, 3.63) is 0 Å². The molecule has 0 radical (unpaired) electrons. The maximum atomic E-state index is 12.4. The molecule has 0 rings (SSSR count). The molecule has 0 aliphatic rings. The molecule has 184 valence electrons. The average Bonchev–Trinajstić information content (AvgIpc) is 2.64. The molecule has 0 aromatic heterocycles. The Bertz CT molecular complexity index is 613. The maximum Gasteiger partial charge on any atom is 0.330 e. The van der Waals surface area contributed by atoms with Crippen LogP contribution in [0.3, 0.4) is 0 Å². The Morgan fingerprint density at radius 3 is 1.61 bits per heavy atom. The fourth-order valence-corrected chi connectivity index (χ4v) is 3.68. The van der Waals surface area contributed by atoms with E-state index < -0.39 is 33.2 Å². The second kappa shape index (κ2) is 15.6. The minimum Gasteiger partial charge on any atom is -0.466 e. The first-order valence-electron chi connectivity index (χ1n) is 11.7. The molecular formula is C23H44O7S. The predicted molar refractivity (Wildman–Crippen MR) is 122 cm³/mol. The molecule has 1 N–H and O–H groups in total. The summed E-state index contributed by atoms with van der Waals surface area (Å²) in [6.07, 6.45) is 8.85. The molecule has 0 saturated carbocycles. The average molecular weight is 465 g/mol. The van der Waals surface area contributed by atoms with Gasteiger partial charge >= 0.3 is 11.9 Å². The Kier molecular flexibility index (Phi) is 15.0. The van der Waals surface area contributed by atoms with E-state index in [1.807, 2.05) is 0 Å². The molecule has 0 bridgehead atoms. The first kappa shape index (κ1) is 29.9. The molecule has 7 nitrogen and oxygen atoms in total. The first-order chi connectivity index (χ1) is 14.4. The minimum atomic E-state index is -4.85. The summed E-state index contributed by atoms with van der Waals surface area (Å²) >= 11 is 0. The van der Waals surface area contributed by atoms with Crippen LogP contribution in [-0.2, 0) is 29.2 Å². The van der Waals surface area contributed by atoms with Crippen LogP contribution < -0.4 is 0 Å². The van der Waals surface area contributed by atoms with Crippen molar-refractivity contribution in [3.63, 3.8) is 0 Å². The van der Waals surface area contributed by atoms with Crippen molar-refractivity contribution >= 4 is 22.1 Å². The number of esters is 2. The van der Waals surface area contributed by atoms with Crippen molar-refractivity contribution in [2.24, 2.45) is 11.8 Å². The number of unbranched alkanes of at least 4 members (excludes halogenated alkanes) is 6. The van der Waals surface area contributed by atoms with Gasteiger partial charge < -0.3 is 9.47 Å². The molecule has 1 unspecified atom stereocenters. The minimum absolute atomic E-state index is 0.0526. The van der Waals surface area contributed by atoms with Gasteiger partial charge in [0.1, 0.15) is 0 Å². The molecular weight excluding hydrogens is 420 g/mol. The lowest BCUT2D eigenvalue weighted by molar-refractivity contribution is -0.153. The monoisotopic (exact) mass is 464 g/mol. The van der Waals surface area contributed by atoms with Gasteiger partial charge in [0.15, 0.2) is 0 Å². The third kappa shape index (κ3) is 13.8. The zero-order valence-electron chi connectivity index (χ0n) is 20.2. The second-order valence-electron chi connectivity index (χ2n) is 9.43. The van der Waals surface area contributed by atoms with Crippen LogP contribution in [0.15, 0.2) is 0 Å². The Labute approximate surface area is 189 Å². The fraction of sp³-hybridized carbons (Fsp3) is 0.913. The summed E-state index contributed by atoms with van der Waals surface area (Å²) in [5.41, 5.74) is 0. The van der Waals surface area contributed by atoms with Crippen molar-refractivity contribution in [1.82, 2.24) is 0 Å². The standard InChI is InChI=1S/C23H44O7S/c1-19(2)14-10-6-8-12-16-29-21(24)18-23(5,31(26,27)28)22(25)30-17-13-9-7-11-15-20(3)4/h19-20H,6-18H2,1-5H3,(H,26,27,28). The third-order valence-electron chi connectivity index (χ3n) is 5.33. The van der Waals surface area contributed by atoms with Crippen LogP contribution in [0.2, 0.25) is 0 Å². The Morgan fingerprint density at radius 2 is 1.19 bits per heavy atom. The number of hydrogen-bond donors (Lipinski definition) is 1. The van der Waals surface area contributed by atoms with Gasteiger partial charge in [-0.2, -0.15) is 8.42 Å². The molecule has 8 heteroatoms. The highest BCUT2D eigenvalue weighted by Crippen LogP contribution is 2.24. The van der Waals surface area contributed by atoms with Gasteiger partial charge in [0.05, 0.1) is 19.6 Å². The highest BCUT2D eigenvalue weighted by Gasteiger charge is 2.49. The zero-order valence-corrected chi connectivity index (χ0v) is 21.0. The fourth-order valence-electron chi connectivity index (χ4n) is 3.12. The van der Waals surface area contributed by atoms with Crippen LogP contribution in [0, 0.1) is 11.8 Å². The van der Waals surface area contributed by atoms with E-state index in [4.69, 9.17) is 9.47 Å². The van der Waals surface area contributed by atoms with Gasteiger partial charge in [-0.1, -0.05) is 79.1 Å². The van der Waals surface area contributed by atoms with Crippen LogP contribution in [-0.4, -0.2) is 42.9 Å². The van der Waals surface area contributed by atoms with Gasteiger partial charge in [-0.15, -0.1) is 0 Å². The normalized spacial score (nSPS) is 13.9. The van der Waals surface area contributed by atoms with Crippen LogP contribution in [0.5, 0.6) is 0 Å². The first-order valence-corrected chi connectivity index (χ1v) is 13.1. The van der Waals surface area contributed by atoms with Gasteiger partial charge in [-0.25, -0.2) is 0 Å². The molecule has 0 fully saturated rings. The van der Waals surface area contributed by atoms with E-state index in [1.165, 1.54) is 0 Å². The van der Waals surface area contributed by atoms with E-state index in [0.717, 1.165) is 58.3 Å². The SMILES string of the molecule is CC(C)CCCCCCOC(=O)CC(C)(C(=O)OCCCCCCC(C)C)S(=O)(=O)O.